The number of ether oxygens (including phenoxy) is 2. The predicted molar refractivity (Wildman–Crippen MR) is 254 cm³/mol. The molecule has 0 spiro atoms. The predicted octanol–water partition coefficient (Wildman–Crippen LogP) is 8.80. The molecule has 0 amide bonds. The smallest absolute Gasteiger partial charge is 0.297 e. The summed E-state index contributed by atoms with van der Waals surface area (Å²) in [5.74, 6) is -1.79. The maximum absolute atomic E-state index is 12.9. The van der Waals surface area contributed by atoms with E-state index in [0.717, 1.165) is 18.2 Å². The van der Waals surface area contributed by atoms with Crippen LogP contribution in [0.4, 0.5) is 39.8 Å². The molecule has 0 atom stereocenters. The first-order valence-electron chi connectivity index (χ1n) is 20.0. The second-order valence-electron chi connectivity index (χ2n) is 15.4. The summed E-state index contributed by atoms with van der Waals surface area (Å²) in [5.41, 5.74) is 7.65. The second kappa shape index (κ2) is 20.5. The minimum atomic E-state index is -5.28. The van der Waals surface area contributed by atoms with Gasteiger partial charge in [-0.05, 0) is 122 Å². The number of fused-ring (bicyclic) bond motifs is 2. The van der Waals surface area contributed by atoms with Crippen molar-refractivity contribution in [3.8, 4) is 11.5 Å². The molecule has 0 radical (unpaired) electrons. The summed E-state index contributed by atoms with van der Waals surface area (Å²) in [7, 11) is -23.8. The summed E-state index contributed by atoms with van der Waals surface area (Å²) >= 11 is 0. The lowest BCUT2D eigenvalue weighted by atomic mass is 10.1. The van der Waals surface area contributed by atoms with E-state index in [9.17, 15) is 60.3 Å². The molecule has 0 heterocycles. The number of azo groups is 3. The highest BCUT2D eigenvalue weighted by atomic mass is 32.2. The molecule has 372 valence electrons. The highest BCUT2D eigenvalue weighted by Gasteiger charge is 2.25. The Morgan fingerprint density at radius 3 is 1.49 bits per heavy atom. The van der Waals surface area contributed by atoms with Gasteiger partial charge in [-0.2, -0.15) is 57.4 Å². The molecule has 0 unspecified atom stereocenters. The number of benzene rings is 6. The average molecular weight is 1060 g/mol. The normalized spacial score (nSPS) is 13.1. The van der Waals surface area contributed by atoms with E-state index < -0.39 is 94.5 Å². The van der Waals surface area contributed by atoms with Gasteiger partial charge in [0.05, 0.1) is 46.7 Å². The van der Waals surface area contributed by atoms with Gasteiger partial charge in [0.15, 0.2) is 0 Å². The highest BCUT2D eigenvalue weighted by molar-refractivity contribution is 7.87. The maximum Gasteiger partial charge on any atom is 0.297 e. The summed E-state index contributed by atoms with van der Waals surface area (Å²) in [6.45, 7) is 4.20. The van der Waals surface area contributed by atoms with Gasteiger partial charge in [0.1, 0.15) is 38.4 Å². The molecule has 70 heavy (non-hydrogen) atoms. The van der Waals surface area contributed by atoms with Gasteiger partial charge in [-0.15, -0.1) is 15.3 Å². The van der Waals surface area contributed by atoms with Gasteiger partial charge >= 0.3 is 0 Å². The number of rotatable bonds is 19. The molecule has 0 aliphatic rings. The van der Waals surface area contributed by atoms with Gasteiger partial charge in [-0.3, -0.25) is 22.8 Å². The Hall–Kier alpha value is -6.41. The molecule has 6 aromatic rings. The molecule has 0 saturated heterocycles. The SMILES string of the molecule is Cc1cc(N=Nc2cc3ccc(N)cc3cc2S(=O)(=O)O)c(C)cc1N=Nc1cc(C)c(N=Nc2ccc3c(OCCCS(=O)(=O)O)cc(S(=O)(=O)O)cc3c2S(=O)(=O)O)cc1OCCCS(=O)(=O)O. The zero-order valence-corrected chi connectivity index (χ0v) is 40.8. The molecular formula is C41H41N7O17S5. The molecule has 0 saturated carbocycles. The average Bonchev–Trinajstić information content (AvgIpc) is 3.23. The van der Waals surface area contributed by atoms with E-state index in [1.807, 2.05) is 0 Å². The molecule has 0 bridgehead atoms. The third-order valence-corrected chi connectivity index (χ3v) is 14.2. The quantitative estimate of drug-likeness (QED) is 0.0191. The van der Waals surface area contributed by atoms with Crippen LogP contribution in [0.25, 0.3) is 21.5 Å². The summed E-state index contributed by atoms with van der Waals surface area (Å²) in [6.07, 6.45) is -0.461. The summed E-state index contributed by atoms with van der Waals surface area (Å²) < 4.78 is 180. The van der Waals surface area contributed by atoms with Gasteiger partial charge in [0, 0.05) is 28.6 Å². The van der Waals surface area contributed by atoms with Crippen LogP contribution >= 0.6 is 0 Å². The number of aryl methyl sites for hydroxylation is 3. The van der Waals surface area contributed by atoms with E-state index >= 15 is 0 Å². The maximum atomic E-state index is 12.9. The van der Waals surface area contributed by atoms with Gasteiger partial charge < -0.3 is 15.2 Å². The van der Waals surface area contributed by atoms with E-state index in [0.29, 0.717) is 44.5 Å². The molecule has 0 aromatic heterocycles. The van der Waals surface area contributed by atoms with Crippen LogP contribution in [0.1, 0.15) is 29.5 Å². The van der Waals surface area contributed by atoms with Crippen molar-refractivity contribution < 1.29 is 74.3 Å². The fourth-order valence-electron chi connectivity index (χ4n) is 6.66. The van der Waals surface area contributed by atoms with Gasteiger partial charge in [0.2, 0.25) is 0 Å². The Bertz CT molecular complexity index is 3760. The Morgan fingerprint density at radius 1 is 0.457 bits per heavy atom. The van der Waals surface area contributed by atoms with Crippen molar-refractivity contribution >= 4 is 112 Å². The van der Waals surface area contributed by atoms with Crippen LogP contribution in [-0.2, 0) is 50.6 Å². The number of nitrogen functional groups attached to an aromatic ring is 1. The first-order chi connectivity index (χ1) is 32.5. The van der Waals surface area contributed by atoms with Crippen LogP contribution in [0, 0.1) is 20.8 Å². The molecule has 0 aliphatic heterocycles. The number of hydrogen-bond donors (Lipinski definition) is 6. The van der Waals surface area contributed by atoms with Crippen molar-refractivity contribution in [3.05, 3.63) is 95.6 Å². The molecule has 29 heteroatoms. The van der Waals surface area contributed by atoms with Crippen LogP contribution in [0.2, 0.25) is 0 Å². The van der Waals surface area contributed by atoms with Crippen molar-refractivity contribution in [3.63, 3.8) is 0 Å². The fourth-order valence-corrected chi connectivity index (χ4v) is 9.61. The third kappa shape index (κ3) is 13.7. The second-order valence-corrected chi connectivity index (χ2v) is 22.7. The standard InChI is InChI=1S/C41H41N7O17S5/c1-23-15-34(45-48-37-18-26-6-7-28(42)17-27(26)19-40(37)69(58,59)60)24(2)14-33(23)44-47-36-16-25(3)35(22-39(36)65-11-5-13-67(52,53)54)46-43-32-9-8-30-31(41(32)70(61,62)63)20-29(68(55,56)57)21-38(30)64-10-4-12-66(49,50)51/h6-9,14-22H,4-5,10-13,42H2,1-3H3,(H,49,50,51)(H,52,53,54)(H,55,56,57)(H,58,59,60)(H,61,62,63). The van der Waals surface area contributed by atoms with Crippen molar-refractivity contribution in [2.24, 2.45) is 30.7 Å². The molecular weight excluding hydrogens is 1020 g/mol. The fraction of sp³-hybridized carbons (Fsp3) is 0.220. The van der Waals surface area contributed by atoms with Crippen molar-refractivity contribution in [1.82, 2.24) is 0 Å². The summed E-state index contributed by atoms with van der Waals surface area (Å²) in [6, 6.07) is 17.3. The lowest BCUT2D eigenvalue weighted by Crippen LogP contribution is -2.09. The first kappa shape index (κ1) is 53.0. The lowest BCUT2D eigenvalue weighted by molar-refractivity contribution is 0.317. The summed E-state index contributed by atoms with van der Waals surface area (Å²) in [5, 5.41) is 25.7. The zero-order valence-electron chi connectivity index (χ0n) is 36.7. The van der Waals surface area contributed by atoms with Crippen LogP contribution < -0.4 is 15.2 Å². The van der Waals surface area contributed by atoms with E-state index in [2.05, 4.69) is 30.7 Å². The minimum Gasteiger partial charge on any atom is -0.493 e. The van der Waals surface area contributed by atoms with Crippen molar-refractivity contribution in [2.75, 3.05) is 30.5 Å². The molecule has 6 rings (SSSR count). The van der Waals surface area contributed by atoms with E-state index in [-0.39, 0.29) is 53.4 Å². The van der Waals surface area contributed by atoms with E-state index in [1.165, 1.54) is 30.3 Å². The summed E-state index contributed by atoms with van der Waals surface area (Å²) in [4.78, 5) is -2.32. The number of nitrogens with two attached hydrogens (primary N) is 1. The number of anilines is 1. The monoisotopic (exact) mass is 1060 g/mol. The largest absolute Gasteiger partial charge is 0.493 e. The van der Waals surface area contributed by atoms with Crippen molar-refractivity contribution in [2.45, 2.75) is 48.3 Å². The molecule has 6 aromatic carbocycles. The molecule has 24 nitrogen and oxygen atoms in total. The van der Waals surface area contributed by atoms with Gasteiger partial charge in [-0.25, -0.2) is 0 Å². The van der Waals surface area contributed by atoms with Crippen LogP contribution in [0.5, 0.6) is 11.5 Å². The molecule has 0 fully saturated rings. The van der Waals surface area contributed by atoms with Crippen LogP contribution in [0.15, 0.2) is 124 Å². The van der Waals surface area contributed by atoms with E-state index in [4.69, 9.17) is 19.8 Å². The zero-order chi connectivity index (χ0) is 51.6. The Morgan fingerprint density at radius 2 is 0.957 bits per heavy atom. The minimum absolute atomic E-state index is 0.00842. The third-order valence-electron chi connectivity index (χ3n) is 9.97. The molecule has 0 aliphatic carbocycles. The Balaban J connectivity index is 1.36. The number of nitrogens with zero attached hydrogens (tertiary/aromatic N) is 6. The van der Waals surface area contributed by atoms with Gasteiger partial charge in [-0.1, -0.05) is 6.07 Å². The number of hydrogen-bond acceptors (Lipinski definition) is 19. The first-order valence-corrected chi connectivity index (χ1v) is 27.5. The lowest BCUT2D eigenvalue weighted by Gasteiger charge is -2.14. The topological polar surface area (TPSA) is 390 Å². The molecule has 7 N–H and O–H groups in total. The van der Waals surface area contributed by atoms with E-state index in [1.54, 1.807) is 51.1 Å². The van der Waals surface area contributed by atoms with Crippen molar-refractivity contribution in [1.29, 1.82) is 0 Å². The highest BCUT2D eigenvalue weighted by Crippen LogP contribution is 2.42. The van der Waals surface area contributed by atoms with Crippen LogP contribution in [-0.4, -0.2) is 89.6 Å². The van der Waals surface area contributed by atoms with Crippen LogP contribution in [0.3, 0.4) is 0 Å². The Kier molecular flexibility index (Phi) is 15.5. The van der Waals surface area contributed by atoms with Gasteiger partial charge in [0.25, 0.3) is 50.6 Å². The Labute approximate surface area is 400 Å².